The molecule has 5 nitrogen and oxygen atoms in total. The van der Waals surface area contributed by atoms with Crippen LogP contribution >= 0.6 is 0 Å². The fraction of sp³-hybridized carbons (Fsp3) is 0.667. The molecule has 0 saturated carbocycles. The summed E-state index contributed by atoms with van der Waals surface area (Å²) in [5.74, 6) is -2.15. The van der Waals surface area contributed by atoms with Gasteiger partial charge in [-0.05, 0) is 6.42 Å². The van der Waals surface area contributed by atoms with E-state index < -0.39 is 17.4 Å². The van der Waals surface area contributed by atoms with E-state index in [2.05, 4.69) is 4.74 Å². The highest BCUT2D eigenvalue weighted by atomic mass is 16.5. The molecule has 1 N–H and O–H groups in total. The van der Waals surface area contributed by atoms with Crippen molar-refractivity contribution in [3.8, 4) is 6.07 Å². The van der Waals surface area contributed by atoms with Gasteiger partial charge in [-0.25, -0.2) is 0 Å². The molecule has 0 radical (unpaired) electrons. The molecule has 0 heterocycles. The van der Waals surface area contributed by atoms with Gasteiger partial charge >= 0.3 is 11.9 Å². The van der Waals surface area contributed by atoms with Crippen molar-refractivity contribution in [3.05, 3.63) is 0 Å². The fourth-order valence-electron chi connectivity index (χ4n) is 1.29. The van der Waals surface area contributed by atoms with Crippen LogP contribution in [0.2, 0.25) is 0 Å². The van der Waals surface area contributed by atoms with Crippen LogP contribution in [0.1, 0.15) is 26.2 Å². The Hall–Kier alpha value is -1.57. The number of nitriles is 1. The van der Waals surface area contributed by atoms with Gasteiger partial charge in [0.25, 0.3) is 0 Å². The summed E-state index contributed by atoms with van der Waals surface area (Å²) in [5, 5.41) is 17.4. The van der Waals surface area contributed by atoms with Crippen molar-refractivity contribution in [1.29, 1.82) is 5.26 Å². The molecule has 0 rings (SSSR count). The summed E-state index contributed by atoms with van der Waals surface area (Å²) >= 11 is 0. The van der Waals surface area contributed by atoms with Gasteiger partial charge in [0.05, 0.1) is 19.6 Å². The van der Waals surface area contributed by atoms with Crippen LogP contribution in [0.15, 0.2) is 0 Å². The van der Waals surface area contributed by atoms with Crippen LogP contribution in [-0.2, 0) is 14.3 Å². The maximum absolute atomic E-state index is 11.3. The number of carboxylic acid groups (broad SMARTS) is 1. The minimum Gasteiger partial charge on any atom is -0.480 e. The van der Waals surface area contributed by atoms with Crippen molar-refractivity contribution in [1.82, 2.24) is 0 Å². The van der Waals surface area contributed by atoms with Crippen LogP contribution in [0.25, 0.3) is 0 Å². The third-order valence-corrected chi connectivity index (χ3v) is 2.04. The van der Waals surface area contributed by atoms with Gasteiger partial charge in [-0.2, -0.15) is 5.26 Å². The molecule has 78 valence electrons. The molecule has 0 aromatic rings. The number of hydrogen-bond donors (Lipinski definition) is 1. The minimum absolute atomic E-state index is 0.114. The van der Waals surface area contributed by atoms with E-state index in [1.807, 2.05) is 0 Å². The smallest absolute Gasteiger partial charge is 0.324 e. The first-order chi connectivity index (χ1) is 6.55. The zero-order valence-electron chi connectivity index (χ0n) is 8.24. The molecule has 0 bridgehead atoms. The predicted molar refractivity (Wildman–Crippen MR) is 47.2 cm³/mol. The number of esters is 1. The molecular formula is C9H13NO4. The average Bonchev–Trinajstić information content (AvgIpc) is 2.15. The van der Waals surface area contributed by atoms with Crippen LogP contribution < -0.4 is 0 Å². The second kappa shape index (κ2) is 5.22. The lowest BCUT2D eigenvalue weighted by Crippen LogP contribution is -2.40. The van der Waals surface area contributed by atoms with Crippen molar-refractivity contribution >= 4 is 11.9 Å². The Morgan fingerprint density at radius 3 is 2.43 bits per heavy atom. The maximum Gasteiger partial charge on any atom is 0.324 e. The van der Waals surface area contributed by atoms with Crippen LogP contribution in [-0.4, -0.2) is 24.2 Å². The number of carbonyl (C=O) groups excluding carboxylic acids is 1. The van der Waals surface area contributed by atoms with Crippen molar-refractivity contribution in [2.75, 3.05) is 7.11 Å². The molecule has 0 aliphatic carbocycles. The molecule has 0 aromatic carbocycles. The average molecular weight is 199 g/mol. The molecule has 0 unspecified atom stereocenters. The van der Waals surface area contributed by atoms with Crippen molar-refractivity contribution in [2.45, 2.75) is 26.2 Å². The fourth-order valence-corrected chi connectivity index (χ4v) is 1.29. The van der Waals surface area contributed by atoms with E-state index >= 15 is 0 Å². The van der Waals surface area contributed by atoms with Gasteiger partial charge in [0.1, 0.15) is 0 Å². The van der Waals surface area contributed by atoms with Crippen molar-refractivity contribution < 1.29 is 19.4 Å². The number of carboxylic acids is 1. The van der Waals surface area contributed by atoms with Crippen molar-refractivity contribution in [2.24, 2.45) is 5.41 Å². The van der Waals surface area contributed by atoms with E-state index in [0.29, 0.717) is 6.42 Å². The Kier molecular flexibility index (Phi) is 4.64. The predicted octanol–water partition coefficient (Wildman–Crippen LogP) is 0.944. The molecule has 0 aliphatic heterocycles. The highest BCUT2D eigenvalue weighted by Gasteiger charge is 2.46. The van der Waals surface area contributed by atoms with E-state index in [1.165, 1.54) is 0 Å². The molecule has 0 amide bonds. The Morgan fingerprint density at radius 2 is 2.14 bits per heavy atom. The molecule has 0 aromatic heterocycles. The molecule has 0 fully saturated rings. The molecule has 5 heteroatoms. The largest absolute Gasteiger partial charge is 0.480 e. The lowest BCUT2D eigenvalue weighted by atomic mass is 9.81. The van der Waals surface area contributed by atoms with Gasteiger partial charge in [0, 0.05) is 0 Å². The third-order valence-electron chi connectivity index (χ3n) is 2.04. The molecular weight excluding hydrogens is 186 g/mol. The van der Waals surface area contributed by atoms with Gasteiger partial charge in [-0.3, -0.25) is 9.59 Å². The zero-order chi connectivity index (χ0) is 11.2. The first-order valence-corrected chi connectivity index (χ1v) is 4.24. The Morgan fingerprint density at radius 1 is 1.57 bits per heavy atom. The molecule has 0 saturated heterocycles. The Balaban J connectivity index is 5.05. The molecule has 0 aliphatic rings. The number of rotatable bonds is 5. The lowest BCUT2D eigenvalue weighted by molar-refractivity contribution is -0.167. The van der Waals surface area contributed by atoms with E-state index in [9.17, 15) is 9.59 Å². The second-order valence-electron chi connectivity index (χ2n) is 2.96. The SMILES string of the molecule is CCC[C@](CC#N)(C(=O)O)C(=O)OC. The van der Waals surface area contributed by atoms with Gasteiger partial charge in [-0.1, -0.05) is 13.3 Å². The molecule has 14 heavy (non-hydrogen) atoms. The number of carbonyl (C=O) groups is 2. The number of hydrogen-bond acceptors (Lipinski definition) is 4. The highest BCUT2D eigenvalue weighted by Crippen LogP contribution is 2.29. The standard InChI is InChI=1S/C9H13NO4/c1-3-4-9(5-6-10,7(11)12)8(13)14-2/h3-5H2,1-2H3,(H,11,12)/t9-/m0/s1. The number of nitrogens with zero attached hydrogens (tertiary/aromatic N) is 1. The summed E-state index contributed by atoms with van der Waals surface area (Å²) in [6, 6.07) is 1.71. The highest BCUT2D eigenvalue weighted by molar-refractivity contribution is 5.99. The monoisotopic (exact) mass is 199 g/mol. The number of ether oxygens (including phenoxy) is 1. The Labute approximate surface area is 82.3 Å². The topological polar surface area (TPSA) is 87.4 Å². The van der Waals surface area contributed by atoms with E-state index in [1.54, 1.807) is 13.0 Å². The van der Waals surface area contributed by atoms with Crippen molar-refractivity contribution in [3.63, 3.8) is 0 Å². The summed E-state index contributed by atoms with van der Waals surface area (Å²) in [4.78, 5) is 22.3. The summed E-state index contributed by atoms with van der Waals surface area (Å²) in [7, 11) is 1.12. The summed E-state index contributed by atoms with van der Waals surface area (Å²) < 4.78 is 4.41. The zero-order valence-corrected chi connectivity index (χ0v) is 8.24. The van der Waals surface area contributed by atoms with Crippen LogP contribution in [0, 0.1) is 16.7 Å². The summed E-state index contributed by atoms with van der Waals surface area (Å²) in [6.07, 6.45) is 0.258. The number of aliphatic carboxylic acids is 1. The quantitative estimate of drug-likeness (QED) is 0.526. The first-order valence-electron chi connectivity index (χ1n) is 4.24. The maximum atomic E-state index is 11.3. The normalized spacial score (nSPS) is 13.8. The van der Waals surface area contributed by atoms with E-state index in [4.69, 9.17) is 10.4 Å². The van der Waals surface area contributed by atoms with E-state index in [-0.39, 0.29) is 12.8 Å². The number of methoxy groups -OCH3 is 1. The van der Waals surface area contributed by atoms with Crippen LogP contribution in [0.5, 0.6) is 0 Å². The first kappa shape index (κ1) is 12.4. The summed E-state index contributed by atoms with van der Waals surface area (Å²) in [5.41, 5.74) is -1.70. The van der Waals surface area contributed by atoms with Gasteiger partial charge in [0.2, 0.25) is 0 Å². The molecule has 0 spiro atoms. The van der Waals surface area contributed by atoms with Gasteiger partial charge < -0.3 is 9.84 Å². The van der Waals surface area contributed by atoms with Gasteiger partial charge in [-0.15, -0.1) is 0 Å². The van der Waals surface area contributed by atoms with Gasteiger partial charge in [0.15, 0.2) is 5.41 Å². The van der Waals surface area contributed by atoms with Crippen LogP contribution in [0.3, 0.4) is 0 Å². The molecule has 1 atom stereocenters. The Bertz CT molecular complexity index is 268. The minimum atomic E-state index is -1.70. The van der Waals surface area contributed by atoms with Crippen LogP contribution in [0.4, 0.5) is 0 Å². The van der Waals surface area contributed by atoms with E-state index in [0.717, 1.165) is 7.11 Å². The lowest BCUT2D eigenvalue weighted by Gasteiger charge is -2.22. The third kappa shape index (κ3) is 2.22. The summed E-state index contributed by atoms with van der Waals surface area (Å²) in [6.45, 7) is 1.75. The second-order valence-corrected chi connectivity index (χ2v) is 2.96.